The molecular formula is C55H107N2O6P. The van der Waals surface area contributed by atoms with E-state index < -0.39 is 26.6 Å². The van der Waals surface area contributed by atoms with Crippen LogP contribution in [0, 0.1) is 0 Å². The second-order valence-electron chi connectivity index (χ2n) is 19.9. The Bertz CT molecular complexity index is 1140. The van der Waals surface area contributed by atoms with E-state index in [-0.39, 0.29) is 12.5 Å². The Hall–Kier alpha value is -1.28. The molecule has 0 saturated carbocycles. The fourth-order valence-corrected chi connectivity index (χ4v) is 8.71. The topological polar surface area (TPSA) is 108 Å². The van der Waals surface area contributed by atoms with Crippen molar-refractivity contribution in [2.24, 2.45) is 0 Å². The summed E-state index contributed by atoms with van der Waals surface area (Å²) in [6.45, 7) is 4.64. The molecule has 3 atom stereocenters. The maximum Gasteiger partial charge on any atom is 0.268 e. The highest BCUT2D eigenvalue weighted by atomic mass is 31.2. The number of quaternary nitrogens is 1. The first kappa shape index (κ1) is 62.7. The molecule has 3 unspecified atom stereocenters. The van der Waals surface area contributed by atoms with Gasteiger partial charge in [0, 0.05) is 6.42 Å². The molecule has 0 radical (unpaired) electrons. The maximum absolute atomic E-state index is 12.9. The number of aliphatic hydroxyl groups excluding tert-OH is 1. The standard InChI is InChI=1S/C55H107N2O6P/c1-6-8-10-12-14-16-18-20-22-24-25-26-27-28-29-30-31-32-33-34-36-38-40-42-44-46-48-54(58)53(52-63-64(60,61)62-51-50-57(3,4)5)56-55(59)49-47-45-43-41-39-37-35-23-21-19-17-15-13-11-9-7-2/h23,35,38,40,46,48,53-54,58H,6-22,24-34,36-37,39,41-45,47,49-52H2,1-5H3,(H-,56,59,60,61)/b35-23-,40-38+,48-46+. The number of phosphoric ester groups is 1. The zero-order valence-corrected chi connectivity index (χ0v) is 43.9. The predicted octanol–water partition coefficient (Wildman–Crippen LogP) is 15.6. The molecule has 1 amide bonds. The number of carbonyl (C=O) groups is 1. The van der Waals surface area contributed by atoms with Crippen LogP contribution in [-0.2, 0) is 18.4 Å². The van der Waals surface area contributed by atoms with Crippen LogP contribution in [0.4, 0.5) is 0 Å². The van der Waals surface area contributed by atoms with E-state index in [0.29, 0.717) is 17.4 Å². The number of rotatable bonds is 50. The Morgan fingerprint density at radius 2 is 0.875 bits per heavy atom. The van der Waals surface area contributed by atoms with Crippen molar-refractivity contribution in [3.8, 4) is 0 Å². The number of hydrogen-bond acceptors (Lipinski definition) is 6. The van der Waals surface area contributed by atoms with Gasteiger partial charge in [0.15, 0.2) is 0 Å². The normalized spacial score (nSPS) is 14.3. The Morgan fingerprint density at radius 3 is 1.27 bits per heavy atom. The first-order valence-electron chi connectivity index (χ1n) is 27.4. The molecule has 0 rings (SSSR count). The number of amides is 1. The monoisotopic (exact) mass is 923 g/mol. The second kappa shape index (κ2) is 46.8. The van der Waals surface area contributed by atoms with Gasteiger partial charge in [-0.1, -0.05) is 230 Å². The van der Waals surface area contributed by atoms with Crippen LogP contribution in [0.3, 0.4) is 0 Å². The Kier molecular flexibility index (Phi) is 45.9. The first-order valence-corrected chi connectivity index (χ1v) is 28.8. The van der Waals surface area contributed by atoms with Crippen molar-refractivity contribution < 1.29 is 32.9 Å². The Balaban J connectivity index is 4.27. The number of carbonyl (C=O) groups excluding carboxylic acids is 1. The average Bonchev–Trinajstić information content (AvgIpc) is 3.25. The van der Waals surface area contributed by atoms with Gasteiger partial charge >= 0.3 is 0 Å². The van der Waals surface area contributed by atoms with Gasteiger partial charge in [0.2, 0.25) is 5.91 Å². The molecule has 2 N–H and O–H groups in total. The number of hydrogen-bond donors (Lipinski definition) is 2. The van der Waals surface area contributed by atoms with Gasteiger partial charge in [-0.15, -0.1) is 0 Å². The minimum absolute atomic E-state index is 0.00753. The van der Waals surface area contributed by atoms with Gasteiger partial charge in [0.1, 0.15) is 13.2 Å². The molecule has 64 heavy (non-hydrogen) atoms. The highest BCUT2D eigenvalue weighted by Gasteiger charge is 2.23. The molecule has 0 saturated heterocycles. The SMILES string of the molecule is CCCCCCCCC/C=C\CCCCCCCC(=O)NC(COP(=O)([O-])OCC[N+](C)(C)C)C(O)/C=C/CC/C=C/CCCCCCCCCCCCCCCCCCCCCC. The van der Waals surface area contributed by atoms with Crippen molar-refractivity contribution in [1.29, 1.82) is 0 Å². The molecule has 0 fully saturated rings. The number of nitrogens with zero attached hydrogens (tertiary/aromatic N) is 1. The molecule has 8 nitrogen and oxygen atoms in total. The highest BCUT2D eigenvalue weighted by Crippen LogP contribution is 2.38. The quantitative estimate of drug-likeness (QED) is 0.0272. The summed E-state index contributed by atoms with van der Waals surface area (Å²) in [5, 5.41) is 13.8. The minimum Gasteiger partial charge on any atom is -0.756 e. The van der Waals surface area contributed by atoms with Crippen LogP contribution in [0.15, 0.2) is 36.5 Å². The summed E-state index contributed by atoms with van der Waals surface area (Å²) in [5.74, 6) is -0.214. The Labute approximate surface area is 397 Å². The van der Waals surface area contributed by atoms with E-state index >= 15 is 0 Å². The van der Waals surface area contributed by atoms with Crippen LogP contribution in [0.1, 0.15) is 258 Å². The fraction of sp³-hybridized carbons (Fsp3) is 0.873. The van der Waals surface area contributed by atoms with Crippen molar-refractivity contribution >= 4 is 13.7 Å². The largest absolute Gasteiger partial charge is 0.756 e. The molecule has 0 aromatic carbocycles. The van der Waals surface area contributed by atoms with E-state index in [1.54, 1.807) is 6.08 Å². The molecular weight excluding hydrogens is 816 g/mol. The predicted molar refractivity (Wildman–Crippen MR) is 275 cm³/mol. The average molecular weight is 923 g/mol. The molecule has 0 aromatic heterocycles. The molecule has 0 aromatic rings. The molecule has 9 heteroatoms. The van der Waals surface area contributed by atoms with Crippen LogP contribution in [0.25, 0.3) is 0 Å². The second-order valence-corrected chi connectivity index (χ2v) is 21.3. The fourth-order valence-electron chi connectivity index (χ4n) is 7.99. The lowest BCUT2D eigenvalue weighted by Gasteiger charge is -2.29. The number of aliphatic hydroxyl groups is 1. The van der Waals surface area contributed by atoms with Crippen LogP contribution >= 0.6 is 7.82 Å². The number of allylic oxidation sites excluding steroid dienone is 5. The number of phosphoric acid groups is 1. The lowest BCUT2D eigenvalue weighted by molar-refractivity contribution is -0.870. The number of unbranched alkanes of at least 4 members (excludes halogenated alkanes) is 33. The zero-order chi connectivity index (χ0) is 47.1. The third kappa shape index (κ3) is 48.6. The smallest absolute Gasteiger partial charge is 0.268 e. The molecule has 378 valence electrons. The third-order valence-corrected chi connectivity index (χ3v) is 13.3. The lowest BCUT2D eigenvalue weighted by Crippen LogP contribution is -2.45. The van der Waals surface area contributed by atoms with Gasteiger partial charge in [-0.2, -0.15) is 0 Å². The lowest BCUT2D eigenvalue weighted by atomic mass is 10.0. The van der Waals surface area contributed by atoms with E-state index in [1.807, 2.05) is 27.2 Å². The summed E-state index contributed by atoms with van der Waals surface area (Å²) in [7, 11) is 1.24. The van der Waals surface area contributed by atoms with Crippen molar-refractivity contribution in [3.63, 3.8) is 0 Å². The van der Waals surface area contributed by atoms with Crippen molar-refractivity contribution in [1.82, 2.24) is 5.32 Å². The van der Waals surface area contributed by atoms with Crippen molar-refractivity contribution in [2.75, 3.05) is 40.9 Å². The summed E-state index contributed by atoms with van der Waals surface area (Å²) in [6.07, 6.45) is 59.4. The van der Waals surface area contributed by atoms with E-state index in [9.17, 15) is 19.4 Å². The van der Waals surface area contributed by atoms with Gasteiger partial charge < -0.3 is 28.8 Å². The Morgan fingerprint density at radius 1 is 0.531 bits per heavy atom. The maximum atomic E-state index is 12.9. The summed E-state index contributed by atoms with van der Waals surface area (Å²) < 4.78 is 23.3. The van der Waals surface area contributed by atoms with Crippen LogP contribution in [-0.4, -0.2) is 68.5 Å². The van der Waals surface area contributed by atoms with Crippen LogP contribution in [0.5, 0.6) is 0 Å². The zero-order valence-electron chi connectivity index (χ0n) is 43.0. The van der Waals surface area contributed by atoms with Crippen molar-refractivity contribution in [3.05, 3.63) is 36.5 Å². The molecule has 0 aliphatic carbocycles. The highest BCUT2D eigenvalue weighted by molar-refractivity contribution is 7.45. The summed E-state index contributed by atoms with van der Waals surface area (Å²) >= 11 is 0. The molecule has 0 bridgehead atoms. The molecule has 0 spiro atoms. The summed E-state index contributed by atoms with van der Waals surface area (Å²) in [5.41, 5.74) is 0. The van der Waals surface area contributed by atoms with Gasteiger partial charge in [0.05, 0.1) is 39.9 Å². The van der Waals surface area contributed by atoms with Gasteiger partial charge in [0.25, 0.3) is 7.82 Å². The van der Waals surface area contributed by atoms with Gasteiger partial charge in [-0.25, -0.2) is 0 Å². The summed E-state index contributed by atoms with van der Waals surface area (Å²) in [4.78, 5) is 25.4. The minimum atomic E-state index is -4.60. The number of nitrogens with one attached hydrogen (secondary N) is 1. The van der Waals surface area contributed by atoms with Crippen molar-refractivity contribution in [2.45, 2.75) is 270 Å². The molecule has 0 aliphatic rings. The third-order valence-electron chi connectivity index (χ3n) is 12.3. The summed E-state index contributed by atoms with van der Waals surface area (Å²) in [6, 6.07) is -0.907. The van der Waals surface area contributed by atoms with Gasteiger partial charge in [-0.05, 0) is 57.8 Å². The van der Waals surface area contributed by atoms with E-state index in [0.717, 1.165) is 51.4 Å². The molecule has 0 heterocycles. The van der Waals surface area contributed by atoms with Gasteiger partial charge in [-0.3, -0.25) is 9.36 Å². The van der Waals surface area contributed by atoms with E-state index in [4.69, 9.17) is 9.05 Å². The van der Waals surface area contributed by atoms with E-state index in [2.05, 4.69) is 43.5 Å². The van der Waals surface area contributed by atoms with E-state index in [1.165, 1.54) is 186 Å². The molecule has 0 aliphatic heterocycles. The number of likely N-dealkylation sites (N-methyl/N-ethyl adjacent to an activating group) is 1. The first-order chi connectivity index (χ1) is 31.0. The van der Waals surface area contributed by atoms with Crippen LogP contribution in [0.2, 0.25) is 0 Å². The van der Waals surface area contributed by atoms with Crippen LogP contribution < -0.4 is 10.2 Å².